The molecule has 18 heavy (non-hydrogen) atoms. The Labute approximate surface area is 107 Å². The van der Waals surface area contributed by atoms with Crippen LogP contribution in [-0.2, 0) is 13.6 Å². The van der Waals surface area contributed by atoms with Gasteiger partial charge in [-0.05, 0) is 23.7 Å². The predicted octanol–water partition coefficient (Wildman–Crippen LogP) is 0.766. The van der Waals surface area contributed by atoms with Gasteiger partial charge in [0, 0.05) is 24.3 Å². The van der Waals surface area contributed by atoms with E-state index < -0.39 is 0 Å². The molecule has 7 nitrogen and oxygen atoms in total. The highest BCUT2D eigenvalue weighted by Gasteiger charge is 2.16. The number of nitrogens with two attached hydrogens (primary N) is 1. The number of rotatable bonds is 3. The molecular formula is C10H11N7S. The zero-order valence-electron chi connectivity index (χ0n) is 9.69. The molecule has 3 aromatic rings. The normalized spacial score (nSPS) is 10.9. The molecule has 3 aromatic heterocycles. The van der Waals surface area contributed by atoms with Crippen LogP contribution in [0.2, 0.25) is 0 Å². The molecule has 0 radical (unpaired) electrons. The summed E-state index contributed by atoms with van der Waals surface area (Å²) >= 11 is 1.44. The SMILES string of the molecule is Cn1nccc1-c1c(N)nnn1Cc1ccns1. The lowest BCUT2D eigenvalue weighted by Crippen LogP contribution is -2.06. The first-order chi connectivity index (χ1) is 8.75. The predicted molar refractivity (Wildman–Crippen MR) is 67.9 cm³/mol. The van der Waals surface area contributed by atoms with Gasteiger partial charge in [-0.2, -0.15) is 5.10 Å². The molecule has 3 heterocycles. The molecule has 0 aromatic carbocycles. The molecule has 3 rings (SSSR count). The number of aromatic nitrogens is 6. The van der Waals surface area contributed by atoms with Crippen molar-refractivity contribution in [2.75, 3.05) is 5.73 Å². The number of hydrogen-bond donors (Lipinski definition) is 1. The fourth-order valence-corrected chi connectivity index (χ4v) is 2.34. The highest BCUT2D eigenvalue weighted by atomic mass is 32.1. The zero-order valence-corrected chi connectivity index (χ0v) is 10.5. The molecule has 0 saturated heterocycles. The Morgan fingerprint density at radius 1 is 1.33 bits per heavy atom. The number of nitrogens with zero attached hydrogens (tertiary/aromatic N) is 6. The number of anilines is 1. The fraction of sp³-hybridized carbons (Fsp3) is 0.200. The maximum Gasteiger partial charge on any atom is 0.175 e. The maximum absolute atomic E-state index is 5.88. The second-order valence-corrected chi connectivity index (χ2v) is 4.72. The standard InChI is InChI=1S/C10H11N7S/c1-16-8(3-4-12-16)9-10(11)14-15-17(9)6-7-2-5-13-18-7/h2-5H,6,11H2,1H3. The molecule has 0 fully saturated rings. The van der Waals surface area contributed by atoms with E-state index in [1.165, 1.54) is 11.5 Å². The van der Waals surface area contributed by atoms with Gasteiger partial charge in [0.1, 0.15) is 5.69 Å². The van der Waals surface area contributed by atoms with Gasteiger partial charge in [-0.1, -0.05) is 5.21 Å². The smallest absolute Gasteiger partial charge is 0.175 e. The van der Waals surface area contributed by atoms with Gasteiger partial charge in [0.05, 0.1) is 12.2 Å². The molecule has 2 N–H and O–H groups in total. The first-order valence-corrected chi connectivity index (χ1v) is 6.10. The van der Waals surface area contributed by atoms with Crippen LogP contribution < -0.4 is 5.73 Å². The summed E-state index contributed by atoms with van der Waals surface area (Å²) in [6, 6.07) is 3.84. The average Bonchev–Trinajstić information content (AvgIpc) is 3.04. The van der Waals surface area contributed by atoms with Crippen molar-refractivity contribution in [1.82, 2.24) is 29.1 Å². The minimum absolute atomic E-state index is 0.406. The lowest BCUT2D eigenvalue weighted by Gasteiger charge is -2.05. The second kappa shape index (κ2) is 4.22. The third-order valence-electron chi connectivity index (χ3n) is 2.62. The van der Waals surface area contributed by atoms with Crippen LogP contribution in [0.25, 0.3) is 11.4 Å². The van der Waals surface area contributed by atoms with Gasteiger partial charge >= 0.3 is 0 Å². The Morgan fingerprint density at radius 2 is 2.22 bits per heavy atom. The highest BCUT2D eigenvalue weighted by molar-refractivity contribution is 7.05. The zero-order chi connectivity index (χ0) is 12.5. The Hall–Kier alpha value is -2.22. The van der Waals surface area contributed by atoms with E-state index >= 15 is 0 Å². The average molecular weight is 261 g/mol. The lowest BCUT2D eigenvalue weighted by molar-refractivity contribution is 0.655. The van der Waals surface area contributed by atoms with Gasteiger partial charge < -0.3 is 5.73 Å². The second-order valence-electron chi connectivity index (χ2n) is 3.80. The van der Waals surface area contributed by atoms with Crippen LogP contribution in [0.3, 0.4) is 0 Å². The molecule has 0 spiro atoms. The summed E-state index contributed by atoms with van der Waals surface area (Å²) in [7, 11) is 1.86. The molecule has 0 bridgehead atoms. The van der Waals surface area contributed by atoms with Crippen molar-refractivity contribution in [2.24, 2.45) is 7.05 Å². The molecule has 0 aliphatic heterocycles. The molecule has 0 atom stereocenters. The molecule has 0 amide bonds. The van der Waals surface area contributed by atoms with E-state index in [-0.39, 0.29) is 0 Å². The summed E-state index contributed by atoms with van der Waals surface area (Å²) in [5.74, 6) is 0.406. The van der Waals surface area contributed by atoms with Crippen molar-refractivity contribution in [3.05, 3.63) is 29.4 Å². The van der Waals surface area contributed by atoms with Crippen molar-refractivity contribution >= 4 is 17.4 Å². The van der Waals surface area contributed by atoms with E-state index in [4.69, 9.17) is 5.73 Å². The van der Waals surface area contributed by atoms with Crippen molar-refractivity contribution in [3.8, 4) is 11.4 Å². The van der Waals surface area contributed by atoms with E-state index in [9.17, 15) is 0 Å². The largest absolute Gasteiger partial charge is 0.380 e. The summed E-state index contributed by atoms with van der Waals surface area (Å²) in [5, 5.41) is 12.1. The first kappa shape index (κ1) is 10.9. The molecular weight excluding hydrogens is 250 g/mol. The fourth-order valence-electron chi connectivity index (χ4n) is 1.78. The Kier molecular flexibility index (Phi) is 2.56. The number of nitrogen functional groups attached to an aromatic ring is 1. The Morgan fingerprint density at radius 3 is 2.89 bits per heavy atom. The van der Waals surface area contributed by atoms with Crippen LogP contribution in [0, 0.1) is 0 Å². The summed E-state index contributed by atoms with van der Waals surface area (Å²) in [6.45, 7) is 0.607. The monoisotopic (exact) mass is 261 g/mol. The van der Waals surface area contributed by atoms with Crippen LogP contribution >= 0.6 is 11.5 Å². The molecule has 0 unspecified atom stereocenters. The van der Waals surface area contributed by atoms with Crippen LogP contribution in [0.5, 0.6) is 0 Å². The maximum atomic E-state index is 5.88. The summed E-state index contributed by atoms with van der Waals surface area (Å²) < 4.78 is 7.58. The van der Waals surface area contributed by atoms with Gasteiger partial charge in [-0.3, -0.25) is 4.68 Å². The van der Waals surface area contributed by atoms with E-state index in [1.807, 2.05) is 19.2 Å². The topological polar surface area (TPSA) is 87.4 Å². The van der Waals surface area contributed by atoms with E-state index in [0.29, 0.717) is 12.4 Å². The van der Waals surface area contributed by atoms with E-state index in [1.54, 1.807) is 21.8 Å². The third-order valence-corrected chi connectivity index (χ3v) is 3.35. The van der Waals surface area contributed by atoms with E-state index in [2.05, 4.69) is 19.8 Å². The molecule has 0 aliphatic carbocycles. The third kappa shape index (κ3) is 1.76. The molecule has 8 heteroatoms. The molecule has 0 aliphatic rings. The summed E-state index contributed by atoms with van der Waals surface area (Å²) in [6.07, 6.45) is 3.49. The van der Waals surface area contributed by atoms with Crippen molar-refractivity contribution in [2.45, 2.75) is 6.54 Å². The van der Waals surface area contributed by atoms with Gasteiger partial charge in [-0.15, -0.1) is 5.10 Å². The number of aryl methyl sites for hydroxylation is 1. The molecule has 0 saturated carbocycles. The Bertz CT molecular complexity index is 652. The van der Waals surface area contributed by atoms with Crippen LogP contribution in [0.1, 0.15) is 4.88 Å². The quantitative estimate of drug-likeness (QED) is 0.752. The van der Waals surface area contributed by atoms with Gasteiger partial charge in [-0.25, -0.2) is 9.06 Å². The van der Waals surface area contributed by atoms with Crippen molar-refractivity contribution < 1.29 is 0 Å². The first-order valence-electron chi connectivity index (χ1n) is 5.32. The van der Waals surface area contributed by atoms with Gasteiger partial charge in [0.2, 0.25) is 0 Å². The van der Waals surface area contributed by atoms with Crippen LogP contribution in [0.15, 0.2) is 24.5 Å². The number of hydrogen-bond acceptors (Lipinski definition) is 6. The van der Waals surface area contributed by atoms with E-state index in [0.717, 1.165) is 16.3 Å². The van der Waals surface area contributed by atoms with Crippen molar-refractivity contribution in [1.29, 1.82) is 0 Å². The van der Waals surface area contributed by atoms with Gasteiger partial charge in [0.15, 0.2) is 5.82 Å². The highest BCUT2D eigenvalue weighted by Crippen LogP contribution is 2.24. The summed E-state index contributed by atoms with van der Waals surface area (Å²) in [5.41, 5.74) is 7.55. The van der Waals surface area contributed by atoms with Crippen molar-refractivity contribution in [3.63, 3.8) is 0 Å². The minimum Gasteiger partial charge on any atom is -0.380 e. The molecule has 92 valence electrons. The van der Waals surface area contributed by atoms with Crippen LogP contribution in [-0.4, -0.2) is 29.1 Å². The lowest BCUT2D eigenvalue weighted by atomic mass is 10.3. The van der Waals surface area contributed by atoms with Crippen LogP contribution in [0.4, 0.5) is 5.82 Å². The van der Waals surface area contributed by atoms with Gasteiger partial charge in [0.25, 0.3) is 0 Å². The Balaban J connectivity index is 2.04. The summed E-state index contributed by atoms with van der Waals surface area (Å²) in [4.78, 5) is 1.10. The minimum atomic E-state index is 0.406.